The van der Waals surface area contributed by atoms with Gasteiger partial charge in [0.05, 0.1) is 17.6 Å². The van der Waals surface area contributed by atoms with E-state index in [1.807, 2.05) is 0 Å². The summed E-state index contributed by atoms with van der Waals surface area (Å²) in [4.78, 5) is 22.3. The molecule has 1 fully saturated rings. The molecule has 1 aliphatic rings. The van der Waals surface area contributed by atoms with Gasteiger partial charge in [-0.2, -0.15) is 18.3 Å². The molecule has 10 heteroatoms. The Morgan fingerprint density at radius 3 is 2.86 bits per heavy atom. The highest BCUT2D eigenvalue weighted by molar-refractivity contribution is 6.09. The Labute approximate surface area is 158 Å². The maximum atomic E-state index is 13.3. The Bertz CT molecular complexity index is 1020. The zero-order chi connectivity index (χ0) is 19.9. The van der Waals surface area contributed by atoms with Crippen LogP contribution in [0.4, 0.5) is 24.7 Å². The number of nitrogens with one attached hydrogen (secondary N) is 1. The molecule has 0 aliphatic carbocycles. The van der Waals surface area contributed by atoms with E-state index in [1.165, 1.54) is 27.9 Å². The molecule has 7 nitrogen and oxygen atoms in total. The van der Waals surface area contributed by atoms with Crippen molar-refractivity contribution in [2.24, 2.45) is 0 Å². The van der Waals surface area contributed by atoms with Gasteiger partial charge in [-0.3, -0.25) is 9.78 Å². The van der Waals surface area contributed by atoms with Gasteiger partial charge in [0.1, 0.15) is 17.4 Å². The second kappa shape index (κ2) is 6.77. The summed E-state index contributed by atoms with van der Waals surface area (Å²) in [6, 6.07) is 3.29. The topological polar surface area (TPSA) is 75.4 Å². The fourth-order valence-electron chi connectivity index (χ4n) is 3.47. The Kier molecular flexibility index (Phi) is 4.40. The average Bonchev–Trinajstić information content (AvgIpc) is 3.25. The number of fused-ring (bicyclic) bond motifs is 1. The summed E-state index contributed by atoms with van der Waals surface area (Å²) in [5.41, 5.74) is 1.36. The van der Waals surface area contributed by atoms with Crippen molar-refractivity contribution >= 4 is 23.1 Å². The number of amides is 1. The van der Waals surface area contributed by atoms with Gasteiger partial charge in [0.15, 0.2) is 5.65 Å². The molecule has 4 rings (SSSR count). The van der Waals surface area contributed by atoms with Crippen LogP contribution in [0.15, 0.2) is 36.8 Å². The first-order chi connectivity index (χ1) is 13.3. The van der Waals surface area contributed by atoms with Gasteiger partial charge >= 0.3 is 6.18 Å². The molecule has 0 radical (unpaired) electrons. The molecule has 1 aliphatic heterocycles. The van der Waals surface area contributed by atoms with E-state index in [0.29, 0.717) is 17.8 Å². The number of carbonyl (C=O) groups is 1. The number of pyridine rings is 1. The summed E-state index contributed by atoms with van der Waals surface area (Å²) in [5.74, 6) is -0.262. The SMILES string of the molecule is Cc1nn2ccc(N3CCC[C@@H]3C(F)(F)F)nc2c1C(=O)Nc1cccnc1. The molecule has 0 spiro atoms. The first kappa shape index (κ1) is 18.2. The summed E-state index contributed by atoms with van der Waals surface area (Å²) in [6.45, 7) is 1.92. The molecule has 3 aromatic heterocycles. The maximum Gasteiger partial charge on any atom is 0.408 e. The van der Waals surface area contributed by atoms with Crippen LogP contribution in [-0.2, 0) is 0 Å². The third-order valence-electron chi connectivity index (χ3n) is 4.72. The van der Waals surface area contributed by atoms with Gasteiger partial charge in [0.25, 0.3) is 5.91 Å². The maximum absolute atomic E-state index is 13.3. The normalized spacial score (nSPS) is 17.3. The number of anilines is 2. The summed E-state index contributed by atoms with van der Waals surface area (Å²) in [5, 5.41) is 6.96. The van der Waals surface area contributed by atoms with Crippen LogP contribution in [-0.4, -0.2) is 44.3 Å². The molecular weight excluding hydrogens is 373 g/mol. The van der Waals surface area contributed by atoms with Gasteiger partial charge in [-0.15, -0.1) is 0 Å². The van der Waals surface area contributed by atoms with E-state index in [4.69, 9.17) is 0 Å². The number of rotatable bonds is 3. The third-order valence-corrected chi connectivity index (χ3v) is 4.72. The number of nitrogens with zero attached hydrogens (tertiary/aromatic N) is 5. The van der Waals surface area contributed by atoms with Crippen LogP contribution < -0.4 is 10.2 Å². The van der Waals surface area contributed by atoms with Crippen molar-refractivity contribution in [2.75, 3.05) is 16.8 Å². The number of hydrogen-bond acceptors (Lipinski definition) is 5. The zero-order valence-corrected chi connectivity index (χ0v) is 14.9. The summed E-state index contributed by atoms with van der Waals surface area (Å²) in [7, 11) is 0. The number of aryl methyl sites for hydroxylation is 1. The molecule has 0 unspecified atom stereocenters. The molecule has 3 aromatic rings. The molecule has 4 heterocycles. The quantitative estimate of drug-likeness (QED) is 0.743. The molecule has 1 amide bonds. The van der Waals surface area contributed by atoms with Crippen LogP contribution >= 0.6 is 0 Å². The minimum absolute atomic E-state index is 0.0308. The smallest absolute Gasteiger partial charge is 0.344 e. The fraction of sp³-hybridized carbons (Fsp3) is 0.333. The Hall–Kier alpha value is -3.17. The predicted molar refractivity (Wildman–Crippen MR) is 96.3 cm³/mol. The van der Waals surface area contributed by atoms with E-state index in [2.05, 4.69) is 20.4 Å². The van der Waals surface area contributed by atoms with Gasteiger partial charge in [0.2, 0.25) is 0 Å². The first-order valence-electron chi connectivity index (χ1n) is 8.75. The highest BCUT2D eigenvalue weighted by Crippen LogP contribution is 2.35. The van der Waals surface area contributed by atoms with Gasteiger partial charge in [0, 0.05) is 18.9 Å². The number of carbonyl (C=O) groups excluding carboxylic acids is 1. The first-order valence-corrected chi connectivity index (χ1v) is 8.75. The lowest BCUT2D eigenvalue weighted by atomic mass is 10.2. The monoisotopic (exact) mass is 390 g/mol. The van der Waals surface area contributed by atoms with Crippen molar-refractivity contribution < 1.29 is 18.0 Å². The molecule has 1 atom stereocenters. The molecule has 0 saturated carbocycles. The standard InChI is InChI=1S/C18H17F3N6O/c1-11-15(17(28)23-12-4-2-7-22-10-12)16-24-14(6-9-27(16)25-11)26-8-3-5-13(26)18(19,20)21/h2,4,6-7,9-10,13H,3,5,8H2,1H3,(H,23,28)/t13-/m1/s1. The van der Waals surface area contributed by atoms with Gasteiger partial charge in [-0.05, 0) is 38.0 Å². The minimum atomic E-state index is -4.33. The van der Waals surface area contributed by atoms with Crippen molar-refractivity contribution in [2.45, 2.75) is 32.0 Å². The van der Waals surface area contributed by atoms with Crippen LogP contribution in [0.3, 0.4) is 0 Å². The van der Waals surface area contributed by atoms with Crippen LogP contribution in [0.2, 0.25) is 0 Å². The molecule has 1 N–H and O–H groups in total. The van der Waals surface area contributed by atoms with Crippen LogP contribution in [0.1, 0.15) is 28.9 Å². The van der Waals surface area contributed by atoms with E-state index in [9.17, 15) is 18.0 Å². The van der Waals surface area contributed by atoms with Gasteiger partial charge in [-0.1, -0.05) is 0 Å². The highest BCUT2D eigenvalue weighted by Gasteiger charge is 2.46. The third kappa shape index (κ3) is 3.25. The number of hydrogen-bond donors (Lipinski definition) is 1. The molecular formula is C18H17F3N6O. The highest BCUT2D eigenvalue weighted by atomic mass is 19.4. The van der Waals surface area contributed by atoms with E-state index < -0.39 is 18.1 Å². The fourth-order valence-corrected chi connectivity index (χ4v) is 3.47. The van der Waals surface area contributed by atoms with Crippen molar-refractivity contribution in [3.8, 4) is 0 Å². The van der Waals surface area contributed by atoms with E-state index in [0.717, 1.165) is 0 Å². The Morgan fingerprint density at radius 2 is 2.14 bits per heavy atom. The van der Waals surface area contributed by atoms with E-state index in [1.54, 1.807) is 25.3 Å². The molecule has 0 bridgehead atoms. The minimum Gasteiger partial charge on any atom is -0.344 e. The molecule has 28 heavy (non-hydrogen) atoms. The lowest BCUT2D eigenvalue weighted by Gasteiger charge is -2.27. The average molecular weight is 390 g/mol. The summed E-state index contributed by atoms with van der Waals surface area (Å²) >= 11 is 0. The lowest BCUT2D eigenvalue weighted by molar-refractivity contribution is -0.146. The van der Waals surface area contributed by atoms with Crippen LogP contribution in [0, 0.1) is 6.92 Å². The van der Waals surface area contributed by atoms with Crippen molar-refractivity contribution in [3.63, 3.8) is 0 Å². The van der Waals surface area contributed by atoms with Crippen molar-refractivity contribution in [3.05, 3.63) is 48.0 Å². The number of alkyl halides is 3. The molecule has 0 aromatic carbocycles. The number of halogens is 3. The van der Waals surface area contributed by atoms with Gasteiger partial charge in [-0.25, -0.2) is 9.50 Å². The molecule has 1 saturated heterocycles. The van der Waals surface area contributed by atoms with Crippen molar-refractivity contribution in [1.29, 1.82) is 0 Å². The second-order valence-corrected chi connectivity index (χ2v) is 6.60. The van der Waals surface area contributed by atoms with Crippen LogP contribution in [0.5, 0.6) is 0 Å². The van der Waals surface area contributed by atoms with Crippen LogP contribution in [0.25, 0.3) is 5.65 Å². The summed E-state index contributed by atoms with van der Waals surface area (Å²) < 4.78 is 41.3. The van der Waals surface area contributed by atoms with Crippen molar-refractivity contribution in [1.82, 2.24) is 19.6 Å². The van der Waals surface area contributed by atoms with E-state index in [-0.39, 0.29) is 30.0 Å². The lowest BCUT2D eigenvalue weighted by Crippen LogP contribution is -2.41. The Morgan fingerprint density at radius 1 is 1.32 bits per heavy atom. The largest absolute Gasteiger partial charge is 0.408 e. The van der Waals surface area contributed by atoms with E-state index >= 15 is 0 Å². The zero-order valence-electron chi connectivity index (χ0n) is 14.9. The number of aromatic nitrogens is 4. The Balaban J connectivity index is 1.71. The molecule has 146 valence electrons. The van der Waals surface area contributed by atoms with Gasteiger partial charge < -0.3 is 10.2 Å². The second-order valence-electron chi connectivity index (χ2n) is 6.60. The summed E-state index contributed by atoms with van der Waals surface area (Å²) in [6.07, 6.45) is 0.734. The predicted octanol–water partition coefficient (Wildman–Crippen LogP) is 3.22.